The Morgan fingerprint density at radius 1 is 1.10 bits per heavy atom. The van der Waals surface area contributed by atoms with Gasteiger partial charge in [0.05, 0.1) is 20.3 Å². The average molecular weight is 409 g/mol. The Hall–Kier alpha value is -3.55. The minimum atomic E-state index is 0.490. The Labute approximate surface area is 177 Å². The number of methoxy groups -OCH3 is 1. The third-order valence-electron chi connectivity index (χ3n) is 4.52. The van der Waals surface area contributed by atoms with E-state index >= 15 is 0 Å². The number of aromatic amines is 1. The van der Waals surface area contributed by atoms with E-state index in [1.807, 2.05) is 50.4 Å². The van der Waals surface area contributed by atoms with Crippen molar-refractivity contribution in [2.24, 2.45) is 4.99 Å². The van der Waals surface area contributed by atoms with Crippen molar-refractivity contribution in [3.8, 4) is 22.9 Å². The molecule has 30 heavy (non-hydrogen) atoms. The second kappa shape index (κ2) is 10.3. The first-order valence-corrected chi connectivity index (χ1v) is 9.82. The first-order valence-electron chi connectivity index (χ1n) is 9.82. The Morgan fingerprint density at radius 2 is 1.80 bits per heavy atom. The standard InChI is InChI=1S/C22H28N6O2/c1-5-30-19-10-6-16(7-11-19)15-28(3)22(23-2)24-14-20-25-21(27-26-20)17-8-12-18(29-4)13-9-17/h6-13H,5,14-15H2,1-4H3,(H,23,24)(H,25,26,27). The third kappa shape index (κ3) is 5.50. The zero-order valence-corrected chi connectivity index (χ0v) is 17.8. The van der Waals surface area contributed by atoms with Gasteiger partial charge < -0.3 is 19.7 Å². The molecule has 2 N–H and O–H groups in total. The molecule has 0 aliphatic carbocycles. The van der Waals surface area contributed by atoms with Crippen LogP contribution in [0.4, 0.5) is 0 Å². The quantitative estimate of drug-likeness (QED) is 0.440. The van der Waals surface area contributed by atoms with Crippen molar-refractivity contribution >= 4 is 5.96 Å². The van der Waals surface area contributed by atoms with Gasteiger partial charge in [0.2, 0.25) is 0 Å². The molecule has 8 nitrogen and oxygen atoms in total. The third-order valence-corrected chi connectivity index (χ3v) is 4.52. The number of hydrogen-bond donors (Lipinski definition) is 2. The molecule has 0 spiro atoms. The SMILES string of the molecule is CCOc1ccc(CN(C)C(=NC)NCc2nc(-c3ccc(OC)cc3)n[nH]2)cc1. The highest BCUT2D eigenvalue weighted by molar-refractivity contribution is 5.79. The van der Waals surface area contributed by atoms with Gasteiger partial charge >= 0.3 is 0 Å². The number of aromatic nitrogens is 3. The molecule has 0 aliphatic rings. The second-order valence-electron chi connectivity index (χ2n) is 6.67. The number of guanidine groups is 1. The summed E-state index contributed by atoms with van der Waals surface area (Å²) >= 11 is 0. The van der Waals surface area contributed by atoms with Gasteiger partial charge in [-0.25, -0.2) is 4.98 Å². The van der Waals surface area contributed by atoms with Gasteiger partial charge in [-0.1, -0.05) is 12.1 Å². The molecule has 3 aromatic rings. The van der Waals surface area contributed by atoms with E-state index in [-0.39, 0.29) is 0 Å². The van der Waals surface area contributed by atoms with Crippen molar-refractivity contribution in [1.29, 1.82) is 0 Å². The molecule has 0 unspecified atom stereocenters. The maximum Gasteiger partial charge on any atom is 0.194 e. The molecular weight excluding hydrogens is 380 g/mol. The number of benzene rings is 2. The predicted molar refractivity (Wildman–Crippen MR) is 118 cm³/mol. The van der Waals surface area contributed by atoms with Gasteiger partial charge in [-0.15, -0.1) is 0 Å². The van der Waals surface area contributed by atoms with Crippen molar-refractivity contribution in [2.45, 2.75) is 20.0 Å². The molecule has 1 aromatic heterocycles. The summed E-state index contributed by atoms with van der Waals surface area (Å²) in [7, 11) is 5.40. The van der Waals surface area contributed by atoms with Gasteiger partial charge in [0, 0.05) is 26.2 Å². The van der Waals surface area contributed by atoms with Crippen LogP contribution in [0.2, 0.25) is 0 Å². The Kier molecular flexibility index (Phi) is 7.26. The lowest BCUT2D eigenvalue weighted by Crippen LogP contribution is -2.38. The van der Waals surface area contributed by atoms with E-state index in [2.05, 4.69) is 42.5 Å². The number of rotatable bonds is 8. The molecule has 0 radical (unpaired) electrons. The minimum Gasteiger partial charge on any atom is -0.497 e. The maximum atomic E-state index is 5.50. The largest absolute Gasteiger partial charge is 0.497 e. The molecule has 3 rings (SSSR count). The highest BCUT2D eigenvalue weighted by Crippen LogP contribution is 2.19. The molecule has 2 aromatic carbocycles. The van der Waals surface area contributed by atoms with Gasteiger partial charge in [-0.05, 0) is 48.9 Å². The van der Waals surface area contributed by atoms with Gasteiger partial charge in [0.1, 0.15) is 17.3 Å². The zero-order chi connectivity index (χ0) is 21.3. The molecule has 0 bridgehead atoms. The van der Waals surface area contributed by atoms with Crippen LogP contribution in [0, 0.1) is 0 Å². The smallest absolute Gasteiger partial charge is 0.194 e. The average Bonchev–Trinajstić information content (AvgIpc) is 3.25. The molecule has 0 aliphatic heterocycles. The number of nitrogens with zero attached hydrogens (tertiary/aromatic N) is 4. The van der Waals surface area contributed by atoms with Crippen molar-refractivity contribution in [3.63, 3.8) is 0 Å². The maximum absolute atomic E-state index is 5.50. The molecule has 0 saturated heterocycles. The fourth-order valence-corrected chi connectivity index (χ4v) is 3.00. The highest BCUT2D eigenvalue weighted by Gasteiger charge is 2.10. The van der Waals surface area contributed by atoms with E-state index in [9.17, 15) is 0 Å². The summed E-state index contributed by atoms with van der Waals surface area (Å²) in [6.45, 7) is 3.85. The molecule has 158 valence electrons. The summed E-state index contributed by atoms with van der Waals surface area (Å²) in [5.74, 6) is 3.83. The van der Waals surface area contributed by atoms with Crippen LogP contribution in [0.25, 0.3) is 11.4 Å². The summed E-state index contributed by atoms with van der Waals surface area (Å²) in [5.41, 5.74) is 2.10. The fraction of sp³-hybridized carbons (Fsp3) is 0.318. The van der Waals surface area contributed by atoms with E-state index in [4.69, 9.17) is 9.47 Å². The summed E-state index contributed by atoms with van der Waals surface area (Å²) < 4.78 is 10.7. The van der Waals surface area contributed by atoms with Crippen LogP contribution in [-0.2, 0) is 13.1 Å². The molecule has 0 saturated carbocycles. The summed E-state index contributed by atoms with van der Waals surface area (Å²) in [6.07, 6.45) is 0. The molecule has 8 heteroatoms. The topological polar surface area (TPSA) is 87.7 Å². The number of ether oxygens (including phenoxy) is 2. The first kappa shape index (κ1) is 21.2. The molecule has 0 amide bonds. The molecular formula is C22H28N6O2. The normalized spacial score (nSPS) is 11.3. The van der Waals surface area contributed by atoms with Crippen LogP contribution in [0.1, 0.15) is 18.3 Å². The van der Waals surface area contributed by atoms with Crippen molar-refractivity contribution in [3.05, 3.63) is 59.9 Å². The van der Waals surface area contributed by atoms with Crippen LogP contribution in [0.5, 0.6) is 11.5 Å². The van der Waals surface area contributed by atoms with Crippen LogP contribution < -0.4 is 14.8 Å². The van der Waals surface area contributed by atoms with Crippen molar-refractivity contribution in [1.82, 2.24) is 25.4 Å². The van der Waals surface area contributed by atoms with Crippen molar-refractivity contribution in [2.75, 3.05) is 27.8 Å². The summed E-state index contributed by atoms with van der Waals surface area (Å²) in [4.78, 5) is 11.0. The number of nitrogens with one attached hydrogen (secondary N) is 2. The second-order valence-corrected chi connectivity index (χ2v) is 6.67. The number of H-pyrrole nitrogens is 1. The molecule has 1 heterocycles. The van der Waals surface area contributed by atoms with E-state index in [0.29, 0.717) is 19.0 Å². The lowest BCUT2D eigenvalue weighted by molar-refractivity contribution is 0.340. The Bertz CT molecular complexity index is 951. The Morgan fingerprint density at radius 3 is 2.43 bits per heavy atom. The van der Waals surface area contributed by atoms with Crippen LogP contribution >= 0.6 is 0 Å². The number of hydrogen-bond acceptors (Lipinski definition) is 5. The first-order chi connectivity index (χ1) is 14.6. The van der Waals surface area contributed by atoms with E-state index in [0.717, 1.165) is 35.4 Å². The van der Waals surface area contributed by atoms with E-state index in [1.165, 1.54) is 5.56 Å². The van der Waals surface area contributed by atoms with Gasteiger partial charge in [0.25, 0.3) is 0 Å². The monoisotopic (exact) mass is 408 g/mol. The Balaban J connectivity index is 1.56. The van der Waals surface area contributed by atoms with Crippen LogP contribution in [-0.4, -0.2) is 53.9 Å². The predicted octanol–water partition coefficient (Wildman–Crippen LogP) is 3.09. The van der Waals surface area contributed by atoms with Crippen LogP contribution in [0.15, 0.2) is 53.5 Å². The fourth-order valence-electron chi connectivity index (χ4n) is 3.00. The molecule has 0 fully saturated rings. The lowest BCUT2D eigenvalue weighted by atomic mass is 10.2. The molecule has 0 atom stereocenters. The zero-order valence-electron chi connectivity index (χ0n) is 17.8. The van der Waals surface area contributed by atoms with E-state index < -0.39 is 0 Å². The lowest BCUT2D eigenvalue weighted by Gasteiger charge is -2.22. The highest BCUT2D eigenvalue weighted by atomic mass is 16.5. The van der Waals surface area contributed by atoms with Gasteiger partial charge in [-0.2, -0.15) is 5.10 Å². The van der Waals surface area contributed by atoms with Crippen molar-refractivity contribution < 1.29 is 9.47 Å². The van der Waals surface area contributed by atoms with E-state index in [1.54, 1.807) is 14.2 Å². The summed E-state index contributed by atoms with van der Waals surface area (Å²) in [6, 6.07) is 15.7. The minimum absolute atomic E-state index is 0.490. The van der Waals surface area contributed by atoms with Gasteiger partial charge in [-0.3, -0.25) is 10.1 Å². The summed E-state index contributed by atoms with van der Waals surface area (Å²) in [5, 5.41) is 10.6. The number of aliphatic imine (C=N–C) groups is 1. The van der Waals surface area contributed by atoms with Crippen LogP contribution in [0.3, 0.4) is 0 Å². The van der Waals surface area contributed by atoms with Gasteiger partial charge in [0.15, 0.2) is 11.8 Å².